The van der Waals surface area contributed by atoms with Crippen LogP contribution in [0, 0.1) is 5.92 Å². The Bertz CT molecular complexity index is 342. The van der Waals surface area contributed by atoms with Crippen molar-refractivity contribution in [2.45, 2.75) is 25.8 Å². The molecule has 14 heavy (non-hydrogen) atoms. The molecule has 1 aromatic rings. The molecule has 0 saturated heterocycles. The Morgan fingerprint density at radius 1 is 1.29 bits per heavy atom. The molecule has 74 valence electrons. The maximum atomic E-state index is 11.6. The van der Waals surface area contributed by atoms with Crippen molar-refractivity contribution in [3.63, 3.8) is 0 Å². The largest absolute Gasteiger partial charge is 0.326 e. The van der Waals surface area contributed by atoms with Crippen molar-refractivity contribution in [2.24, 2.45) is 11.7 Å². The summed E-state index contributed by atoms with van der Waals surface area (Å²) < 4.78 is 0. The average Bonchev–Trinajstić information content (AvgIpc) is 3.02. The van der Waals surface area contributed by atoms with Crippen molar-refractivity contribution in [3.8, 4) is 0 Å². The minimum atomic E-state index is 0.348. The Balaban J connectivity index is 2.10. The average molecular weight is 189 g/mol. The molecule has 1 aromatic carbocycles. The van der Waals surface area contributed by atoms with E-state index in [1.165, 1.54) is 0 Å². The third-order valence-electron chi connectivity index (χ3n) is 2.74. The van der Waals surface area contributed by atoms with Crippen LogP contribution in [-0.2, 0) is 17.8 Å². The zero-order valence-corrected chi connectivity index (χ0v) is 8.20. The Morgan fingerprint density at radius 2 is 1.93 bits per heavy atom. The van der Waals surface area contributed by atoms with Crippen molar-refractivity contribution in [2.75, 3.05) is 0 Å². The van der Waals surface area contributed by atoms with Crippen LogP contribution in [0.15, 0.2) is 24.3 Å². The van der Waals surface area contributed by atoms with E-state index in [1.54, 1.807) is 0 Å². The van der Waals surface area contributed by atoms with Crippen LogP contribution in [0.25, 0.3) is 0 Å². The fourth-order valence-corrected chi connectivity index (χ4v) is 1.67. The summed E-state index contributed by atoms with van der Waals surface area (Å²) in [4.78, 5) is 11.6. The van der Waals surface area contributed by atoms with Gasteiger partial charge in [-0.1, -0.05) is 24.3 Å². The molecular formula is C12H15NO. The van der Waals surface area contributed by atoms with Gasteiger partial charge in [0.05, 0.1) is 0 Å². The van der Waals surface area contributed by atoms with Gasteiger partial charge in [-0.3, -0.25) is 4.79 Å². The Kier molecular flexibility index (Phi) is 2.64. The standard InChI is InChI=1S/C12H15NO/c13-8-11-4-2-1-3-10(11)7-12(14)9-5-6-9/h1-4,9H,5-8,13H2. The van der Waals surface area contributed by atoms with E-state index < -0.39 is 0 Å². The summed E-state index contributed by atoms with van der Waals surface area (Å²) in [6, 6.07) is 7.93. The van der Waals surface area contributed by atoms with E-state index in [4.69, 9.17) is 5.73 Å². The lowest BCUT2D eigenvalue weighted by molar-refractivity contribution is -0.119. The first kappa shape index (κ1) is 9.41. The van der Waals surface area contributed by atoms with Gasteiger partial charge >= 0.3 is 0 Å². The highest BCUT2D eigenvalue weighted by Gasteiger charge is 2.29. The van der Waals surface area contributed by atoms with Gasteiger partial charge in [0.25, 0.3) is 0 Å². The number of benzene rings is 1. The molecule has 1 aliphatic rings. The molecule has 0 spiro atoms. The maximum absolute atomic E-state index is 11.6. The summed E-state index contributed by atoms with van der Waals surface area (Å²) in [5, 5.41) is 0. The van der Waals surface area contributed by atoms with Crippen LogP contribution in [0.2, 0.25) is 0 Å². The number of ketones is 1. The Hall–Kier alpha value is -1.15. The molecule has 0 atom stereocenters. The Morgan fingerprint density at radius 3 is 2.50 bits per heavy atom. The van der Waals surface area contributed by atoms with Gasteiger partial charge in [0.2, 0.25) is 0 Å². The quantitative estimate of drug-likeness (QED) is 0.782. The van der Waals surface area contributed by atoms with Gasteiger partial charge in [0, 0.05) is 18.9 Å². The van der Waals surface area contributed by atoms with Crippen LogP contribution in [0.5, 0.6) is 0 Å². The van der Waals surface area contributed by atoms with Crippen LogP contribution in [0.1, 0.15) is 24.0 Å². The second-order valence-corrected chi connectivity index (χ2v) is 3.89. The van der Waals surface area contributed by atoms with Crippen LogP contribution < -0.4 is 5.73 Å². The van der Waals surface area contributed by atoms with E-state index in [2.05, 4.69) is 0 Å². The highest BCUT2D eigenvalue weighted by Crippen LogP contribution is 2.31. The summed E-state index contributed by atoms with van der Waals surface area (Å²) in [5.41, 5.74) is 7.81. The van der Waals surface area contributed by atoms with Gasteiger partial charge in [-0.15, -0.1) is 0 Å². The first-order chi connectivity index (χ1) is 6.81. The van der Waals surface area contributed by atoms with Gasteiger partial charge in [0.15, 0.2) is 0 Å². The Labute approximate surface area is 84.1 Å². The molecule has 2 N–H and O–H groups in total. The lowest BCUT2D eigenvalue weighted by atomic mass is 10.0. The lowest BCUT2D eigenvalue weighted by Gasteiger charge is -2.05. The minimum absolute atomic E-state index is 0.348. The van der Waals surface area contributed by atoms with Crippen LogP contribution in [0.4, 0.5) is 0 Å². The fraction of sp³-hybridized carbons (Fsp3) is 0.417. The minimum Gasteiger partial charge on any atom is -0.326 e. The highest BCUT2D eigenvalue weighted by atomic mass is 16.1. The van der Waals surface area contributed by atoms with Crippen molar-refractivity contribution >= 4 is 5.78 Å². The molecule has 0 aromatic heterocycles. The molecule has 0 heterocycles. The smallest absolute Gasteiger partial charge is 0.140 e. The first-order valence-corrected chi connectivity index (χ1v) is 5.11. The molecule has 1 saturated carbocycles. The number of rotatable bonds is 4. The van der Waals surface area contributed by atoms with Crippen molar-refractivity contribution in [3.05, 3.63) is 35.4 Å². The van der Waals surface area contributed by atoms with Gasteiger partial charge < -0.3 is 5.73 Å². The zero-order valence-electron chi connectivity index (χ0n) is 8.20. The van der Waals surface area contributed by atoms with E-state index in [9.17, 15) is 4.79 Å². The summed E-state index contributed by atoms with van der Waals surface area (Å²) >= 11 is 0. The SMILES string of the molecule is NCc1ccccc1CC(=O)C1CC1. The molecular weight excluding hydrogens is 174 g/mol. The molecule has 2 rings (SSSR count). The number of nitrogens with two attached hydrogens (primary N) is 1. The molecule has 2 nitrogen and oxygen atoms in total. The molecule has 0 unspecified atom stereocenters. The molecule has 1 aliphatic carbocycles. The van der Waals surface area contributed by atoms with Crippen LogP contribution in [0.3, 0.4) is 0 Å². The van der Waals surface area contributed by atoms with E-state index in [0.717, 1.165) is 24.0 Å². The van der Waals surface area contributed by atoms with Gasteiger partial charge in [-0.25, -0.2) is 0 Å². The predicted octanol–water partition coefficient (Wildman–Crippen LogP) is 1.67. The van der Waals surface area contributed by atoms with Crippen molar-refractivity contribution in [1.29, 1.82) is 0 Å². The topological polar surface area (TPSA) is 43.1 Å². The van der Waals surface area contributed by atoms with Crippen LogP contribution in [-0.4, -0.2) is 5.78 Å². The van der Waals surface area contributed by atoms with Gasteiger partial charge in [-0.2, -0.15) is 0 Å². The monoisotopic (exact) mass is 189 g/mol. The summed E-state index contributed by atoms with van der Waals surface area (Å²) in [7, 11) is 0. The molecule has 0 aliphatic heterocycles. The first-order valence-electron chi connectivity index (χ1n) is 5.11. The molecule has 1 fully saturated rings. The normalized spacial score (nSPS) is 15.5. The predicted molar refractivity (Wildman–Crippen MR) is 55.8 cm³/mol. The zero-order chi connectivity index (χ0) is 9.97. The lowest BCUT2D eigenvalue weighted by Crippen LogP contribution is -2.08. The van der Waals surface area contributed by atoms with Gasteiger partial charge in [0.1, 0.15) is 5.78 Å². The number of carbonyl (C=O) groups is 1. The number of Topliss-reactive ketones (excluding diaryl/α,β-unsaturated/α-hetero) is 1. The third kappa shape index (κ3) is 2.02. The molecule has 0 radical (unpaired) electrons. The second kappa shape index (κ2) is 3.93. The second-order valence-electron chi connectivity index (χ2n) is 3.89. The van der Waals surface area contributed by atoms with Gasteiger partial charge in [-0.05, 0) is 24.0 Å². The highest BCUT2D eigenvalue weighted by molar-refractivity contribution is 5.85. The van der Waals surface area contributed by atoms with E-state index in [1.807, 2.05) is 24.3 Å². The van der Waals surface area contributed by atoms with E-state index in [-0.39, 0.29) is 0 Å². The molecule has 2 heteroatoms. The van der Waals surface area contributed by atoms with E-state index >= 15 is 0 Å². The summed E-state index contributed by atoms with van der Waals surface area (Å²) in [6.45, 7) is 0.522. The van der Waals surface area contributed by atoms with E-state index in [0.29, 0.717) is 24.7 Å². The molecule has 0 amide bonds. The summed E-state index contributed by atoms with van der Waals surface area (Å²) in [5.74, 6) is 0.728. The number of hydrogen-bond acceptors (Lipinski definition) is 2. The number of carbonyl (C=O) groups excluding carboxylic acids is 1. The summed E-state index contributed by atoms with van der Waals surface area (Å²) in [6.07, 6.45) is 2.74. The molecule has 0 bridgehead atoms. The number of hydrogen-bond donors (Lipinski definition) is 1. The van der Waals surface area contributed by atoms with Crippen molar-refractivity contribution in [1.82, 2.24) is 0 Å². The third-order valence-corrected chi connectivity index (χ3v) is 2.74. The maximum Gasteiger partial charge on any atom is 0.140 e. The van der Waals surface area contributed by atoms with Crippen molar-refractivity contribution < 1.29 is 4.79 Å². The fourth-order valence-electron chi connectivity index (χ4n) is 1.67. The van der Waals surface area contributed by atoms with Crippen LogP contribution >= 0.6 is 0 Å².